The van der Waals surface area contributed by atoms with Gasteiger partial charge in [-0.2, -0.15) is 13.2 Å². The second-order valence-corrected chi connectivity index (χ2v) is 7.16. The molecule has 0 aliphatic heterocycles. The number of pyridine rings is 1. The molecule has 154 valence electrons. The van der Waals surface area contributed by atoms with Gasteiger partial charge in [-0.05, 0) is 19.4 Å². The van der Waals surface area contributed by atoms with Crippen LogP contribution in [0.25, 0.3) is 0 Å². The molecule has 0 radical (unpaired) electrons. The van der Waals surface area contributed by atoms with Crippen LogP contribution in [-0.2, 0) is 19.1 Å². The molecule has 0 amide bonds. The summed E-state index contributed by atoms with van der Waals surface area (Å²) in [5, 5.41) is 6.91. The quantitative estimate of drug-likeness (QED) is 0.374. The van der Waals surface area contributed by atoms with Crippen molar-refractivity contribution in [3.05, 3.63) is 38.9 Å². The Kier molecular flexibility index (Phi) is 8.31. The number of aromatic nitrogens is 2. The molecule has 2 N–H and O–H groups in total. The van der Waals surface area contributed by atoms with E-state index in [2.05, 4.69) is 32.5 Å². The fourth-order valence-electron chi connectivity index (χ4n) is 2.08. The summed E-state index contributed by atoms with van der Waals surface area (Å²) in [4.78, 5) is 13.6. The fraction of sp³-hybridized carbons (Fsp3) is 0.471. The van der Waals surface area contributed by atoms with Gasteiger partial charge in [-0.15, -0.1) is 11.3 Å². The van der Waals surface area contributed by atoms with Crippen molar-refractivity contribution in [1.82, 2.24) is 20.6 Å². The molecule has 0 bridgehead atoms. The minimum absolute atomic E-state index is 0.0479. The van der Waals surface area contributed by atoms with Crippen LogP contribution in [0, 0.1) is 0 Å². The maximum absolute atomic E-state index is 12.6. The molecule has 0 spiro atoms. The maximum Gasteiger partial charge on any atom is 0.417 e. The second kappa shape index (κ2) is 10.5. The number of aryl methyl sites for hydroxylation is 1. The monoisotopic (exact) mass is 435 g/mol. The SMILES string of the molecule is CCNC(=NCc1ncc(CC)s1)NCCOc1ncc(C(F)(F)F)cc1Cl. The Balaban J connectivity index is 1.84. The van der Waals surface area contributed by atoms with Crippen molar-refractivity contribution >= 4 is 28.9 Å². The Morgan fingerprint density at radius 3 is 2.64 bits per heavy atom. The van der Waals surface area contributed by atoms with E-state index in [1.54, 1.807) is 11.3 Å². The number of aliphatic imine (C=N–C) groups is 1. The van der Waals surface area contributed by atoms with E-state index in [9.17, 15) is 13.2 Å². The Morgan fingerprint density at radius 2 is 2.04 bits per heavy atom. The first-order valence-electron chi connectivity index (χ1n) is 8.64. The van der Waals surface area contributed by atoms with E-state index in [0.717, 1.165) is 17.5 Å². The minimum Gasteiger partial charge on any atom is -0.475 e. The van der Waals surface area contributed by atoms with Crippen LogP contribution in [0.3, 0.4) is 0 Å². The van der Waals surface area contributed by atoms with E-state index in [-0.39, 0.29) is 17.5 Å². The fourth-order valence-corrected chi connectivity index (χ4v) is 3.08. The van der Waals surface area contributed by atoms with Crippen molar-refractivity contribution in [2.24, 2.45) is 4.99 Å². The molecule has 28 heavy (non-hydrogen) atoms. The highest BCUT2D eigenvalue weighted by Crippen LogP contribution is 2.32. The summed E-state index contributed by atoms with van der Waals surface area (Å²) in [6.07, 6.45) is -1.01. The zero-order chi connectivity index (χ0) is 20.6. The topological polar surface area (TPSA) is 71.4 Å². The highest BCUT2D eigenvalue weighted by Gasteiger charge is 2.31. The molecule has 6 nitrogen and oxygen atoms in total. The lowest BCUT2D eigenvalue weighted by atomic mass is 10.3. The summed E-state index contributed by atoms with van der Waals surface area (Å²) in [5.74, 6) is 0.541. The van der Waals surface area contributed by atoms with E-state index in [1.807, 2.05) is 13.1 Å². The number of nitrogens with zero attached hydrogens (tertiary/aromatic N) is 3. The van der Waals surface area contributed by atoms with Gasteiger partial charge in [0.2, 0.25) is 5.88 Å². The number of halogens is 4. The molecule has 2 aromatic heterocycles. The van der Waals surface area contributed by atoms with Crippen LogP contribution >= 0.6 is 22.9 Å². The molecule has 11 heteroatoms. The van der Waals surface area contributed by atoms with Crippen molar-refractivity contribution in [2.45, 2.75) is 33.0 Å². The number of nitrogens with one attached hydrogen (secondary N) is 2. The van der Waals surface area contributed by atoms with Crippen molar-refractivity contribution in [1.29, 1.82) is 0 Å². The van der Waals surface area contributed by atoms with Crippen LogP contribution in [0.5, 0.6) is 5.88 Å². The average molecular weight is 436 g/mol. The third-order valence-corrected chi connectivity index (χ3v) is 4.83. The molecular formula is C17H21ClF3N5OS. The molecule has 0 saturated carbocycles. The molecule has 0 unspecified atom stereocenters. The van der Waals surface area contributed by atoms with Gasteiger partial charge in [0.1, 0.15) is 16.6 Å². The Morgan fingerprint density at radius 1 is 1.25 bits per heavy atom. The maximum atomic E-state index is 12.6. The van der Waals surface area contributed by atoms with Gasteiger partial charge in [0.05, 0.1) is 18.7 Å². The van der Waals surface area contributed by atoms with Gasteiger partial charge in [0, 0.05) is 23.8 Å². The Hall–Kier alpha value is -2.07. The van der Waals surface area contributed by atoms with E-state index < -0.39 is 11.7 Å². The molecule has 0 saturated heterocycles. The molecule has 2 rings (SSSR count). The lowest BCUT2D eigenvalue weighted by Crippen LogP contribution is -2.39. The van der Waals surface area contributed by atoms with E-state index >= 15 is 0 Å². The number of thiazole rings is 1. The molecule has 0 aliphatic rings. The molecule has 0 fully saturated rings. The predicted octanol–water partition coefficient (Wildman–Crippen LogP) is 3.91. The van der Waals surface area contributed by atoms with Gasteiger partial charge < -0.3 is 15.4 Å². The number of ether oxygens (including phenoxy) is 1. The predicted molar refractivity (Wildman–Crippen MR) is 104 cm³/mol. The molecular weight excluding hydrogens is 415 g/mol. The van der Waals surface area contributed by atoms with Gasteiger partial charge in [0.25, 0.3) is 0 Å². The van der Waals surface area contributed by atoms with Crippen molar-refractivity contribution in [3.8, 4) is 5.88 Å². The summed E-state index contributed by atoms with van der Waals surface area (Å²) in [6.45, 7) is 5.66. The van der Waals surface area contributed by atoms with Crippen LogP contribution < -0.4 is 15.4 Å². The third-order valence-electron chi connectivity index (χ3n) is 3.43. The Labute approximate surface area is 170 Å². The Bertz CT molecular complexity index is 797. The van der Waals surface area contributed by atoms with E-state index in [0.29, 0.717) is 31.8 Å². The summed E-state index contributed by atoms with van der Waals surface area (Å²) < 4.78 is 43.2. The zero-order valence-electron chi connectivity index (χ0n) is 15.4. The summed E-state index contributed by atoms with van der Waals surface area (Å²) >= 11 is 7.43. The number of hydrogen-bond acceptors (Lipinski definition) is 5. The normalized spacial score (nSPS) is 12.1. The minimum atomic E-state index is -4.50. The first kappa shape index (κ1) is 22.2. The van der Waals surface area contributed by atoms with E-state index in [4.69, 9.17) is 16.3 Å². The number of guanidine groups is 1. The molecule has 2 heterocycles. The summed E-state index contributed by atoms with van der Waals surface area (Å²) in [6, 6.07) is 0.793. The molecule has 0 atom stereocenters. The van der Waals surface area contributed by atoms with Gasteiger partial charge in [0.15, 0.2) is 5.96 Å². The number of rotatable bonds is 8. The molecule has 0 aliphatic carbocycles. The first-order chi connectivity index (χ1) is 13.3. The zero-order valence-corrected chi connectivity index (χ0v) is 17.0. The number of alkyl halides is 3. The van der Waals surface area contributed by atoms with Crippen molar-refractivity contribution in [3.63, 3.8) is 0 Å². The van der Waals surface area contributed by atoms with Crippen LogP contribution in [0.15, 0.2) is 23.5 Å². The number of hydrogen-bond donors (Lipinski definition) is 2. The smallest absolute Gasteiger partial charge is 0.417 e. The largest absolute Gasteiger partial charge is 0.475 e. The molecule has 0 aromatic carbocycles. The lowest BCUT2D eigenvalue weighted by Gasteiger charge is -2.13. The van der Waals surface area contributed by atoms with Crippen LogP contribution in [0.1, 0.15) is 29.3 Å². The van der Waals surface area contributed by atoms with Crippen LogP contribution in [0.2, 0.25) is 5.02 Å². The third kappa shape index (κ3) is 6.83. The molecule has 2 aromatic rings. The van der Waals surface area contributed by atoms with Gasteiger partial charge in [-0.1, -0.05) is 18.5 Å². The van der Waals surface area contributed by atoms with Crippen LogP contribution in [0.4, 0.5) is 13.2 Å². The highest BCUT2D eigenvalue weighted by atomic mass is 35.5. The summed E-state index contributed by atoms with van der Waals surface area (Å²) in [7, 11) is 0. The van der Waals surface area contributed by atoms with E-state index in [1.165, 1.54) is 4.88 Å². The lowest BCUT2D eigenvalue weighted by molar-refractivity contribution is -0.137. The first-order valence-corrected chi connectivity index (χ1v) is 9.84. The van der Waals surface area contributed by atoms with Crippen molar-refractivity contribution in [2.75, 3.05) is 19.7 Å². The van der Waals surface area contributed by atoms with Gasteiger partial charge in [-0.25, -0.2) is 15.0 Å². The second-order valence-electron chi connectivity index (χ2n) is 5.55. The summed E-state index contributed by atoms with van der Waals surface area (Å²) in [5.41, 5.74) is -0.919. The van der Waals surface area contributed by atoms with Crippen molar-refractivity contribution < 1.29 is 17.9 Å². The standard InChI is InChI=1S/C17H21ClF3N5OS/c1-3-12-9-24-14(28-12)10-26-16(22-4-2)23-5-6-27-15-13(18)7-11(8-25-15)17(19,20)21/h7-9H,3-6,10H2,1-2H3,(H2,22,23,26). The highest BCUT2D eigenvalue weighted by molar-refractivity contribution is 7.11. The average Bonchev–Trinajstić information content (AvgIpc) is 3.11. The van der Waals surface area contributed by atoms with Gasteiger partial charge in [-0.3, -0.25) is 0 Å². The van der Waals surface area contributed by atoms with Crippen LogP contribution in [-0.4, -0.2) is 35.6 Å². The van der Waals surface area contributed by atoms with Gasteiger partial charge >= 0.3 is 6.18 Å².